The summed E-state index contributed by atoms with van der Waals surface area (Å²) in [6.07, 6.45) is 3.29. The second-order valence-electron chi connectivity index (χ2n) is 6.21. The van der Waals surface area contributed by atoms with Gasteiger partial charge >= 0.3 is 0 Å². The number of nitrogens with zero attached hydrogens (tertiary/aromatic N) is 3. The van der Waals surface area contributed by atoms with E-state index in [2.05, 4.69) is 15.6 Å². The molecular formula is C20H13Cl3N4O2. The smallest absolute Gasteiger partial charge is 0.277 e. The molecule has 4 rings (SSSR count). The third-order valence-electron chi connectivity index (χ3n) is 4.09. The minimum atomic E-state index is -0.420. The topological polar surface area (TPSA) is 73.0 Å². The zero-order valence-corrected chi connectivity index (χ0v) is 17.0. The second kappa shape index (κ2) is 8.29. The van der Waals surface area contributed by atoms with Crippen LogP contribution < -0.4 is 5.32 Å². The molecule has 2 heterocycles. The largest absolute Gasteiger partial charge is 0.355 e. The van der Waals surface area contributed by atoms with Crippen molar-refractivity contribution in [1.82, 2.24) is 14.9 Å². The zero-order valence-electron chi connectivity index (χ0n) is 14.8. The maximum Gasteiger partial charge on any atom is 0.277 e. The van der Waals surface area contributed by atoms with Crippen LogP contribution in [0.1, 0.15) is 16.1 Å². The van der Waals surface area contributed by atoms with Crippen LogP contribution in [-0.4, -0.2) is 20.8 Å². The Labute approximate surface area is 181 Å². The number of carbonyl (C=O) groups excluding carboxylic acids is 1. The first-order valence-electron chi connectivity index (χ1n) is 8.48. The average Bonchev–Trinajstić information content (AvgIpc) is 3.33. The molecule has 2 aromatic carbocycles. The summed E-state index contributed by atoms with van der Waals surface area (Å²) < 4.78 is 6.96. The predicted octanol–water partition coefficient (Wildman–Crippen LogP) is 5.80. The van der Waals surface area contributed by atoms with Crippen LogP contribution in [0, 0.1) is 0 Å². The number of benzene rings is 2. The normalized spacial score (nSPS) is 10.9. The molecule has 0 aliphatic carbocycles. The summed E-state index contributed by atoms with van der Waals surface area (Å²) in [4.78, 5) is 12.5. The van der Waals surface area contributed by atoms with Crippen molar-refractivity contribution in [3.05, 3.63) is 87.2 Å². The third kappa shape index (κ3) is 4.62. The third-order valence-corrected chi connectivity index (χ3v) is 4.89. The van der Waals surface area contributed by atoms with Crippen LogP contribution in [0.4, 0.5) is 5.69 Å². The molecule has 6 nitrogen and oxygen atoms in total. The van der Waals surface area contributed by atoms with E-state index < -0.39 is 5.91 Å². The van der Waals surface area contributed by atoms with Crippen LogP contribution in [0.25, 0.3) is 11.3 Å². The maximum absolute atomic E-state index is 12.5. The molecule has 1 amide bonds. The van der Waals surface area contributed by atoms with Crippen LogP contribution in [0.3, 0.4) is 0 Å². The van der Waals surface area contributed by atoms with Crippen molar-refractivity contribution in [1.29, 1.82) is 0 Å². The number of hydrogen-bond acceptors (Lipinski definition) is 4. The number of aromatic nitrogens is 3. The van der Waals surface area contributed by atoms with E-state index in [0.29, 0.717) is 38.6 Å². The molecule has 0 saturated carbocycles. The Kier molecular flexibility index (Phi) is 5.58. The van der Waals surface area contributed by atoms with Gasteiger partial charge in [0.05, 0.1) is 23.5 Å². The molecule has 0 radical (unpaired) electrons. The summed E-state index contributed by atoms with van der Waals surface area (Å²) >= 11 is 18.0. The Morgan fingerprint density at radius 1 is 1.03 bits per heavy atom. The number of halogens is 3. The van der Waals surface area contributed by atoms with Crippen molar-refractivity contribution in [3.8, 4) is 11.3 Å². The first kappa shape index (κ1) is 19.5. The molecule has 0 bridgehead atoms. The van der Waals surface area contributed by atoms with Crippen molar-refractivity contribution in [3.63, 3.8) is 0 Å². The molecule has 146 valence electrons. The van der Waals surface area contributed by atoms with Gasteiger partial charge < -0.3 is 9.84 Å². The second-order valence-corrected chi connectivity index (χ2v) is 7.49. The van der Waals surface area contributed by atoms with E-state index in [0.717, 1.165) is 5.56 Å². The summed E-state index contributed by atoms with van der Waals surface area (Å²) in [6.45, 7) is 0.552. The Balaban J connectivity index is 1.44. The quantitative estimate of drug-likeness (QED) is 0.420. The lowest BCUT2D eigenvalue weighted by molar-refractivity contribution is 0.101. The van der Waals surface area contributed by atoms with Crippen molar-refractivity contribution in [2.45, 2.75) is 6.54 Å². The summed E-state index contributed by atoms with van der Waals surface area (Å²) in [7, 11) is 0. The number of nitrogens with one attached hydrogen (secondary N) is 1. The molecule has 4 aromatic rings. The molecule has 9 heteroatoms. The van der Waals surface area contributed by atoms with Gasteiger partial charge in [0.15, 0.2) is 11.5 Å². The highest BCUT2D eigenvalue weighted by Gasteiger charge is 2.16. The van der Waals surface area contributed by atoms with Crippen LogP contribution in [0.15, 0.2) is 65.4 Å². The number of carbonyl (C=O) groups is 1. The van der Waals surface area contributed by atoms with E-state index in [-0.39, 0.29) is 5.69 Å². The predicted molar refractivity (Wildman–Crippen MR) is 113 cm³/mol. The van der Waals surface area contributed by atoms with E-state index in [4.69, 9.17) is 39.3 Å². The van der Waals surface area contributed by atoms with Crippen molar-refractivity contribution < 1.29 is 9.32 Å². The fourth-order valence-corrected chi connectivity index (χ4v) is 3.31. The summed E-state index contributed by atoms with van der Waals surface area (Å²) in [6, 6.07) is 14.0. The van der Waals surface area contributed by atoms with E-state index in [9.17, 15) is 4.79 Å². The first-order valence-corrected chi connectivity index (χ1v) is 9.62. The minimum absolute atomic E-state index is 0.122. The Bertz CT molecular complexity index is 1170. The minimum Gasteiger partial charge on any atom is -0.355 e. The fourth-order valence-electron chi connectivity index (χ4n) is 2.69. The molecule has 0 unspecified atom stereocenters. The molecule has 0 aliphatic heterocycles. The van der Waals surface area contributed by atoms with Gasteiger partial charge in [0.25, 0.3) is 5.91 Å². The molecule has 0 spiro atoms. The number of rotatable bonds is 5. The first-order chi connectivity index (χ1) is 14.0. The molecule has 0 saturated heterocycles. The van der Waals surface area contributed by atoms with Gasteiger partial charge in [-0.05, 0) is 35.9 Å². The van der Waals surface area contributed by atoms with Gasteiger partial charge in [-0.1, -0.05) is 52.1 Å². The van der Waals surface area contributed by atoms with Gasteiger partial charge in [0.1, 0.15) is 0 Å². The molecule has 0 fully saturated rings. The monoisotopic (exact) mass is 446 g/mol. The zero-order chi connectivity index (χ0) is 20.4. The lowest BCUT2D eigenvalue weighted by Gasteiger charge is -2.02. The molecular weight excluding hydrogens is 435 g/mol. The highest BCUT2D eigenvalue weighted by molar-refractivity contribution is 6.36. The van der Waals surface area contributed by atoms with Crippen LogP contribution in [-0.2, 0) is 6.54 Å². The van der Waals surface area contributed by atoms with E-state index in [1.165, 1.54) is 6.07 Å². The van der Waals surface area contributed by atoms with Gasteiger partial charge in [0, 0.05) is 27.9 Å². The molecule has 0 atom stereocenters. The Hall–Kier alpha value is -2.80. The lowest BCUT2D eigenvalue weighted by atomic mass is 10.1. The van der Waals surface area contributed by atoms with Crippen molar-refractivity contribution in [2.24, 2.45) is 0 Å². The van der Waals surface area contributed by atoms with E-state index in [1.54, 1.807) is 35.3 Å². The number of anilines is 1. The summed E-state index contributed by atoms with van der Waals surface area (Å²) in [5, 5.41) is 12.4. The number of hydrogen-bond donors (Lipinski definition) is 1. The molecule has 1 N–H and O–H groups in total. The Morgan fingerprint density at radius 2 is 1.79 bits per heavy atom. The van der Waals surface area contributed by atoms with Gasteiger partial charge in [0.2, 0.25) is 0 Å². The average molecular weight is 448 g/mol. The molecule has 0 aliphatic rings. The Morgan fingerprint density at radius 3 is 2.55 bits per heavy atom. The van der Waals surface area contributed by atoms with Gasteiger partial charge in [-0.3, -0.25) is 9.48 Å². The summed E-state index contributed by atoms with van der Waals surface area (Å²) in [5.74, 6) is -0.0496. The van der Waals surface area contributed by atoms with Gasteiger partial charge in [-0.15, -0.1) is 0 Å². The van der Waals surface area contributed by atoms with Gasteiger partial charge in [-0.2, -0.15) is 5.10 Å². The maximum atomic E-state index is 12.5. The SMILES string of the molecule is O=C(Nc1cnn(Cc2ccc(Cl)cc2)c1)c1cc(-c2ccc(Cl)cc2Cl)on1. The van der Waals surface area contributed by atoms with E-state index >= 15 is 0 Å². The lowest BCUT2D eigenvalue weighted by Crippen LogP contribution is -2.11. The fraction of sp³-hybridized carbons (Fsp3) is 0.0500. The standard InChI is InChI=1S/C20H13Cl3N4O2/c21-13-3-1-12(2-4-13)10-27-11-15(9-24-27)25-20(28)18-8-19(29-26-18)16-6-5-14(22)7-17(16)23/h1-9,11H,10H2,(H,25,28). The van der Waals surface area contributed by atoms with E-state index in [1.807, 2.05) is 24.3 Å². The molecule has 2 aromatic heterocycles. The van der Waals surface area contributed by atoms with Crippen molar-refractivity contribution in [2.75, 3.05) is 5.32 Å². The summed E-state index contributed by atoms with van der Waals surface area (Å²) in [5.41, 5.74) is 2.30. The van der Waals surface area contributed by atoms with Crippen molar-refractivity contribution >= 4 is 46.4 Å². The highest BCUT2D eigenvalue weighted by Crippen LogP contribution is 2.30. The van der Waals surface area contributed by atoms with Gasteiger partial charge in [-0.25, -0.2) is 0 Å². The van der Waals surface area contributed by atoms with Crippen LogP contribution in [0.5, 0.6) is 0 Å². The van der Waals surface area contributed by atoms with Crippen LogP contribution in [0.2, 0.25) is 15.1 Å². The highest BCUT2D eigenvalue weighted by atomic mass is 35.5. The molecule has 29 heavy (non-hydrogen) atoms. The number of amides is 1. The van der Waals surface area contributed by atoms with Crippen LogP contribution >= 0.6 is 34.8 Å².